The minimum Gasteiger partial charge on any atom is -0.298 e. The number of aryl methyl sites for hydroxylation is 1. The van der Waals surface area contributed by atoms with Crippen molar-refractivity contribution in [1.82, 2.24) is 19.7 Å². The molecule has 106 valence electrons. The maximum atomic E-state index is 4.63. The predicted molar refractivity (Wildman–Crippen MR) is 83.7 cm³/mol. The molecule has 1 fully saturated rings. The van der Waals surface area contributed by atoms with E-state index in [1.807, 2.05) is 36.3 Å². The Balaban J connectivity index is 1.82. The summed E-state index contributed by atoms with van der Waals surface area (Å²) in [5, 5.41) is 4.63. The highest BCUT2D eigenvalue weighted by atomic mass is 32.2. The molecule has 5 heteroatoms. The van der Waals surface area contributed by atoms with Gasteiger partial charge >= 0.3 is 0 Å². The van der Waals surface area contributed by atoms with E-state index in [0.29, 0.717) is 0 Å². The van der Waals surface area contributed by atoms with Crippen molar-refractivity contribution in [3.05, 3.63) is 36.3 Å². The Morgan fingerprint density at radius 3 is 2.90 bits per heavy atom. The fourth-order valence-electron chi connectivity index (χ4n) is 2.60. The minimum atomic E-state index is 0.992. The fourth-order valence-corrected chi connectivity index (χ4v) is 3.53. The molecular formula is C15H20N4S. The van der Waals surface area contributed by atoms with Gasteiger partial charge in [-0.3, -0.25) is 14.6 Å². The van der Waals surface area contributed by atoms with E-state index in [0.717, 1.165) is 17.8 Å². The first kappa shape index (κ1) is 13.6. The molecular weight excluding hydrogens is 268 g/mol. The van der Waals surface area contributed by atoms with E-state index >= 15 is 0 Å². The van der Waals surface area contributed by atoms with Crippen molar-refractivity contribution in [2.75, 3.05) is 24.6 Å². The molecule has 0 aliphatic carbocycles. The molecule has 1 aliphatic rings. The normalized spacial score (nSPS) is 17.1. The molecule has 0 bridgehead atoms. The molecule has 0 spiro atoms. The molecule has 20 heavy (non-hydrogen) atoms. The summed E-state index contributed by atoms with van der Waals surface area (Å²) >= 11 is 2.07. The van der Waals surface area contributed by atoms with Gasteiger partial charge in [0.25, 0.3) is 0 Å². The molecule has 1 saturated heterocycles. The molecule has 0 N–H and O–H groups in total. The van der Waals surface area contributed by atoms with E-state index in [1.165, 1.54) is 36.6 Å². The molecule has 0 saturated carbocycles. The van der Waals surface area contributed by atoms with Crippen molar-refractivity contribution >= 4 is 11.8 Å². The Morgan fingerprint density at radius 2 is 2.05 bits per heavy atom. The van der Waals surface area contributed by atoms with Gasteiger partial charge in [-0.2, -0.15) is 16.9 Å². The van der Waals surface area contributed by atoms with Gasteiger partial charge in [0.15, 0.2) is 0 Å². The van der Waals surface area contributed by atoms with Crippen LogP contribution in [0.5, 0.6) is 0 Å². The summed E-state index contributed by atoms with van der Waals surface area (Å²) in [7, 11) is 1.99. The van der Waals surface area contributed by atoms with Crippen LogP contribution in [0.4, 0.5) is 0 Å². The van der Waals surface area contributed by atoms with Gasteiger partial charge in [-0.05, 0) is 30.9 Å². The van der Waals surface area contributed by atoms with Crippen LogP contribution >= 0.6 is 11.8 Å². The largest absolute Gasteiger partial charge is 0.298 e. The molecule has 0 radical (unpaired) electrons. The summed E-state index contributed by atoms with van der Waals surface area (Å²) in [6.07, 6.45) is 7.09. The Bertz CT molecular complexity index is 544. The van der Waals surface area contributed by atoms with E-state index in [-0.39, 0.29) is 0 Å². The first-order valence-electron chi connectivity index (χ1n) is 7.06. The van der Waals surface area contributed by atoms with E-state index in [9.17, 15) is 0 Å². The SMILES string of the molecule is Cn1cc(CN2CCCSCC2)c(-c2ccncc2)n1. The summed E-state index contributed by atoms with van der Waals surface area (Å²) in [6, 6.07) is 4.06. The van der Waals surface area contributed by atoms with Crippen molar-refractivity contribution in [2.45, 2.75) is 13.0 Å². The Hall–Kier alpha value is -1.33. The molecule has 2 aromatic heterocycles. The van der Waals surface area contributed by atoms with Crippen molar-refractivity contribution in [1.29, 1.82) is 0 Å². The lowest BCUT2D eigenvalue weighted by Crippen LogP contribution is -2.25. The molecule has 0 unspecified atom stereocenters. The molecule has 1 aliphatic heterocycles. The average molecular weight is 288 g/mol. The van der Waals surface area contributed by atoms with E-state index < -0.39 is 0 Å². The number of hydrogen-bond donors (Lipinski definition) is 0. The maximum absolute atomic E-state index is 4.63. The van der Waals surface area contributed by atoms with Crippen molar-refractivity contribution in [3.8, 4) is 11.3 Å². The van der Waals surface area contributed by atoms with Gasteiger partial charge in [0.1, 0.15) is 0 Å². The Labute approximate surface area is 124 Å². The number of aromatic nitrogens is 3. The van der Waals surface area contributed by atoms with Crippen molar-refractivity contribution < 1.29 is 0 Å². The van der Waals surface area contributed by atoms with Crippen molar-refractivity contribution in [2.24, 2.45) is 7.05 Å². The maximum Gasteiger partial charge on any atom is 0.0969 e. The van der Waals surface area contributed by atoms with Gasteiger partial charge in [0.2, 0.25) is 0 Å². The summed E-state index contributed by atoms with van der Waals surface area (Å²) in [5.74, 6) is 2.53. The van der Waals surface area contributed by atoms with Gasteiger partial charge in [0, 0.05) is 55.6 Å². The van der Waals surface area contributed by atoms with Crippen molar-refractivity contribution in [3.63, 3.8) is 0 Å². The van der Waals surface area contributed by atoms with Crippen LogP contribution in [0.15, 0.2) is 30.7 Å². The standard InChI is InChI=1S/C15H20N4S/c1-18-11-14(12-19-7-2-9-20-10-8-19)15(17-18)13-3-5-16-6-4-13/h3-6,11H,2,7-10,12H2,1H3. The second-order valence-corrected chi connectivity index (χ2v) is 6.38. The highest BCUT2D eigenvalue weighted by Crippen LogP contribution is 2.23. The quantitative estimate of drug-likeness (QED) is 0.868. The van der Waals surface area contributed by atoms with Crippen LogP contribution in [0.1, 0.15) is 12.0 Å². The van der Waals surface area contributed by atoms with Crippen LogP contribution in [-0.2, 0) is 13.6 Å². The number of thioether (sulfide) groups is 1. The van der Waals surface area contributed by atoms with E-state index in [4.69, 9.17) is 0 Å². The van der Waals surface area contributed by atoms with Gasteiger partial charge in [0.05, 0.1) is 5.69 Å². The highest BCUT2D eigenvalue weighted by molar-refractivity contribution is 7.99. The van der Waals surface area contributed by atoms with Gasteiger partial charge in [-0.15, -0.1) is 0 Å². The van der Waals surface area contributed by atoms with E-state index in [1.54, 1.807) is 0 Å². The fraction of sp³-hybridized carbons (Fsp3) is 0.467. The van der Waals surface area contributed by atoms with Crippen LogP contribution < -0.4 is 0 Å². The predicted octanol–water partition coefficient (Wildman–Crippen LogP) is 2.42. The first-order chi connectivity index (χ1) is 9.83. The first-order valence-corrected chi connectivity index (χ1v) is 8.21. The van der Waals surface area contributed by atoms with E-state index in [2.05, 4.69) is 32.9 Å². The third kappa shape index (κ3) is 3.22. The van der Waals surface area contributed by atoms with Gasteiger partial charge < -0.3 is 0 Å². The molecule has 0 atom stereocenters. The number of nitrogens with zero attached hydrogens (tertiary/aromatic N) is 4. The Morgan fingerprint density at radius 1 is 1.20 bits per heavy atom. The zero-order valence-electron chi connectivity index (χ0n) is 11.8. The summed E-state index contributed by atoms with van der Waals surface area (Å²) in [6.45, 7) is 3.36. The number of rotatable bonds is 3. The summed E-state index contributed by atoms with van der Waals surface area (Å²) in [4.78, 5) is 6.63. The monoisotopic (exact) mass is 288 g/mol. The third-order valence-corrected chi connectivity index (χ3v) is 4.62. The second kappa shape index (κ2) is 6.41. The lowest BCUT2D eigenvalue weighted by molar-refractivity contribution is 0.288. The smallest absolute Gasteiger partial charge is 0.0969 e. The lowest BCUT2D eigenvalue weighted by atomic mass is 10.1. The van der Waals surface area contributed by atoms with Crippen LogP contribution in [0, 0.1) is 0 Å². The number of hydrogen-bond acceptors (Lipinski definition) is 4. The summed E-state index contributed by atoms with van der Waals surface area (Å²) in [5.41, 5.74) is 3.55. The topological polar surface area (TPSA) is 34.0 Å². The molecule has 4 nitrogen and oxygen atoms in total. The van der Waals surface area contributed by atoms with Crippen LogP contribution in [0.2, 0.25) is 0 Å². The lowest BCUT2D eigenvalue weighted by Gasteiger charge is -2.19. The summed E-state index contributed by atoms with van der Waals surface area (Å²) < 4.78 is 1.91. The number of pyridine rings is 1. The molecule has 3 rings (SSSR count). The molecule has 0 amide bonds. The van der Waals surface area contributed by atoms with Crippen LogP contribution in [0.25, 0.3) is 11.3 Å². The van der Waals surface area contributed by atoms with Gasteiger partial charge in [-0.25, -0.2) is 0 Å². The molecule has 3 heterocycles. The minimum absolute atomic E-state index is 0.992. The molecule has 0 aromatic carbocycles. The zero-order chi connectivity index (χ0) is 13.8. The highest BCUT2D eigenvalue weighted by Gasteiger charge is 2.15. The molecule has 2 aromatic rings. The van der Waals surface area contributed by atoms with Crippen LogP contribution in [-0.4, -0.2) is 44.3 Å². The Kier molecular flexibility index (Phi) is 4.38. The van der Waals surface area contributed by atoms with Crippen LogP contribution in [0.3, 0.4) is 0 Å². The zero-order valence-corrected chi connectivity index (χ0v) is 12.6. The van der Waals surface area contributed by atoms with Gasteiger partial charge in [-0.1, -0.05) is 0 Å². The third-order valence-electron chi connectivity index (χ3n) is 3.57. The average Bonchev–Trinajstić information content (AvgIpc) is 2.67. The second-order valence-electron chi connectivity index (χ2n) is 5.15.